The minimum absolute atomic E-state index is 0.116. The highest BCUT2D eigenvalue weighted by atomic mass is 16.6. The third-order valence-electron chi connectivity index (χ3n) is 1.73. The van der Waals surface area contributed by atoms with E-state index in [1.54, 1.807) is 7.05 Å². The lowest BCUT2D eigenvalue weighted by molar-refractivity contribution is 0.0239. The predicted molar refractivity (Wildman–Crippen MR) is 53.7 cm³/mol. The smallest absolute Gasteiger partial charge is 0.410 e. The van der Waals surface area contributed by atoms with Crippen LogP contribution in [0.25, 0.3) is 0 Å². The van der Waals surface area contributed by atoms with Crippen LogP contribution in [0.1, 0.15) is 34.1 Å². The van der Waals surface area contributed by atoms with Crippen LogP contribution in [-0.4, -0.2) is 29.7 Å². The second-order valence-electron chi connectivity index (χ2n) is 4.30. The summed E-state index contributed by atoms with van der Waals surface area (Å²) in [5.74, 6) is 0. The lowest BCUT2D eigenvalue weighted by Crippen LogP contribution is -2.39. The molecule has 0 aliphatic carbocycles. The molecule has 0 aromatic carbocycles. The maximum Gasteiger partial charge on any atom is 0.410 e. The minimum atomic E-state index is -0.488. The fourth-order valence-corrected chi connectivity index (χ4v) is 0.783. The van der Waals surface area contributed by atoms with Crippen LogP contribution in [0, 0.1) is 11.3 Å². The fraction of sp³-hybridized carbons (Fsp3) is 0.800. The van der Waals surface area contributed by atoms with Gasteiger partial charge in [0, 0.05) is 13.1 Å². The molecule has 0 spiro atoms. The number of amides is 1. The molecule has 14 heavy (non-hydrogen) atoms. The van der Waals surface area contributed by atoms with Crippen LogP contribution >= 0.6 is 0 Å². The number of ether oxygens (including phenoxy) is 1. The Balaban J connectivity index is 4.20. The topological polar surface area (TPSA) is 53.3 Å². The van der Waals surface area contributed by atoms with E-state index in [0.717, 1.165) is 0 Å². The second kappa shape index (κ2) is 4.85. The van der Waals surface area contributed by atoms with Crippen molar-refractivity contribution in [3.8, 4) is 6.07 Å². The number of carbonyl (C=O) groups is 1. The molecule has 1 unspecified atom stereocenters. The van der Waals surface area contributed by atoms with Gasteiger partial charge in [-0.05, 0) is 27.7 Å². The summed E-state index contributed by atoms with van der Waals surface area (Å²) in [4.78, 5) is 12.9. The van der Waals surface area contributed by atoms with Gasteiger partial charge in [-0.15, -0.1) is 0 Å². The summed E-state index contributed by atoms with van der Waals surface area (Å²) in [6.45, 7) is 7.25. The van der Waals surface area contributed by atoms with Crippen molar-refractivity contribution in [3.05, 3.63) is 0 Å². The van der Waals surface area contributed by atoms with E-state index in [4.69, 9.17) is 10.00 Å². The van der Waals surface area contributed by atoms with Crippen molar-refractivity contribution in [2.45, 2.75) is 45.8 Å². The van der Waals surface area contributed by atoms with E-state index in [0.29, 0.717) is 6.42 Å². The van der Waals surface area contributed by atoms with E-state index >= 15 is 0 Å². The van der Waals surface area contributed by atoms with Crippen molar-refractivity contribution in [2.75, 3.05) is 7.05 Å². The van der Waals surface area contributed by atoms with Crippen LogP contribution in [0.2, 0.25) is 0 Å². The molecule has 4 heteroatoms. The number of carbonyl (C=O) groups excluding carboxylic acids is 1. The Morgan fingerprint density at radius 1 is 1.57 bits per heavy atom. The molecule has 0 aromatic heterocycles. The van der Waals surface area contributed by atoms with Gasteiger partial charge in [-0.1, -0.05) is 0 Å². The summed E-state index contributed by atoms with van der Waals surface area (Å²) in [6.07, 6.45) is -0.0734. The zero-order chi connectivity index (χ0) is 11.4. The van der Waals surface area contributed by atoms with Crippen molar-refractivity contribution >= 4 is 6.09 Å². The van der Waals surface area contributed by atoms with Gasteiger partial charge < -0.3 is 9.64 Å². The quantitative estimate of drug-likeness (QED) is 0.683. The largest absolute Gasteiger partial charge is 0.444 e. The molecular weight excluding hydrogens is 180 g/mol. The maximum absolute atomic E-state index is 11.5. The molecule has 0 heterocycles. The van der Waals surface area contributed by atoms with Gasteiger partial charge in [0.2, 0.25) is 0 Å². The van der Waals surface area contributed by atoms with E-state index in [1.165, 1.54) is 4.90 Å². The van der Waals surface area contributed by atoms with Crippen molar-refractivity contribution < 1.29 is 9.53 Å². The van der Waals surface area contributed by atoms with E-state index in [-0.39, 0.29) is 12.1 Å². The Bertz CT molecular complexity index is 237. The Labute approximate surface area is 85.5 Å². The van der Waals surface area contributed by atoms with E-state index < -0.39 is 5.60 Å². The number of hydrogen-bond acceptors (Lipinski definition) is 3. The van der Waals surface area contributed by atoms with Gasteiger partial charge in [0.05, 0.1) is 12.5 Å². The van der Waals surface area contributed by atoms with E-state index in [1.807, 2.05) is 33.8 Å². The molecule has 0 bridgehead atoms. The first-order valence-corrected chi connectivity index (χ1v) is 4.60. The molecule has 0 saturated carbocycles. The monoisotopic (exact) mass is 198 g/mol. The average molecular weight is 198 g/mol. The third kappa shape index (κ3) is 4.70. The highest BCUT2D eigenvalue weighted by Crippen LogP contribution is 2.11. The minimum Gasteiger partial charge on any atom is -0.444 e. The first-order chi connectivity index (χ1) is 6.28. The second-order valence-corrected chi connectivity index (χ2v) is 4.30. The van der Waals surface area contributed by atoms with Crippen molar-refractivity contribution in [3.63, 3.8) is 0 Å². The van der Waals surface area contributed by atoms with Crippen LogP contribution in [-0.2, 0) is 4.74 Å². The van der Waals surface area contributed by atoms with Crippen LogP contribution in [0.3, 0.4) is 0 Å². The van der Waals surface area contributed by atoms with Gasteiger partial charge in [0.25, 0.3) is 0 Å². The molecule has 80 valence electrons. The van der Waals surface area contributed by atoms with Crippen LogP contribution in [0.5, 0.6) is 0 Å². The van der Waals surface area contributed by atoms with Gasteiger partial charge in [0.1, 0.15) is 5.60 Å². The Morgan fingerprint density at radius 2 is 2.07 bits per heavy atom. The molecule has 0 saturated heterocycles. The highest BCUT2D eigenvalue weighted by Gasteiger charge is 2.22. The Hall–Kier alpha value is -1.24. The first kappa shape index (κ1) is 12.8. The standard InChI is InChI=1S/C10H18N2O2/c1-8(6-7-11)12(5)9(13)14-10(2,3)4/h8H,6H2,1-5H3. The highest BCUT2D eigenvalue weighted by molar-refractivity contribution is 5.68. The van der Waals surface area contributed by atoms with Gasteiger partial charge in [-0.3, -0.25) is 0 Å². The summed E-state index contributed by atoms with van der Waals surface area (Å²) in [5, 5.41) is 8.47. The number of nitriles is 1. The van der Waals surface area contributed by atoms with Gasteiger partial charge in [-0.25, -0.2) is 4.79 Å². The zero-order valence-corrected chi connectivity index (χ0v) is 9.50. The molecule has 0 fully saturated rings. The summed E-state index contributed by atoms with van der Waals surface area (Å²) >= 11 is 0. The molecular formula is C10H18N2O2. The number of hydrogen-bond donors (Lipinski definition) is 0. The Kier molecular flexibility index (Phi) is 4.42. The van der Waals surface area contributed by atoms with Crippen molar-refractivity contribution in [1.82, 2.24) is 4.90 Å². The molecule has 1 atom stereocenters. The van der Waals surface area contributed by atoms with Gasteiger partial charge in [-0.2, -0.15) is 5.26 Å². The normalized spacial score (nSPS) is 12.9. The Morgan fingerprint density at radius 3 is 2.43 bits per heavy atom. The molecule has 1 amide bonds. The molecule has 0 rings (SSSR count). The fourth-order valence-electron chi connectivity index (χ4n) is 0.783. The van der Waals surface area contributed by atoms with Crippen molar-refractivity contribution in [1.29, 1.82) is 5.26 Å². The third-order valence-corrected chi connectivity index (χ3v) is 1.73. The zero-order valence-electron chi connectivity index (χ0n) is 9.50. The van der Waals surface area contributed by atoms with Crippen LogP contribution in [0.15, 0.2) is 0 Å². The summed E-state index contributed by atoms with van der Waals surface area (Å²) in [6, 6.07) is 1.90. The summed E-state index contributed by atoms with van der Waals surface area (Å²) in [7, 11) is 1.64. The molecule has 4 nitrogen and oxygen atoms in total. The van der Waals surface area contributed by atoms with Crippen LogP contribution < -0.4 is 0 Å². The molecule has 0 aliphatic heterocycles. The molecule has 0 aliphatic rings. The van der Waals surface area contributed by atoms with Crippen LogP contribution in [0.4, 0.5) is 4.79 Å². The van der Waals surface area contributed by atoms with Gasteiger partial charge >= 0.3 is 6.09 Å². The average Bonchev–Trinajstić information content (AvgIpc) is 2.00. The lowest BCUT2D eigenvalue weighted by atomic mass is 10.2. The summed E-state index contributed by atoms with van der Waals surface area (Å²) < 4.78 is 5.14. The maximum atomic E-state index is 11.5. The number of rotatable bonds is 2. The van der Waals surface area contributed by atoms with Crippen molar-refractivity contribution in [2.24, 2.45) is 0 Å². The molecule has 0 aromatic rings. The molecule has 0 N–H and O–H groups in total. The first-order valence-electron chi connectivity index (χ1n) is 4.60. The van der Waals surface area contributed by atoms with Gasteiger partial charge in [0.15, 0.2) is 0 Å². The number of nitrogens with zero attached hydrogens (tertiary/aromatic N) is 2. The summed E-state index contributed by atoms with van der Waals surface area (Å²) in [5.41, 5.74) is -0.488. The molecule has 0 radical (unpaired) electrons. The van der Waals surface area contributed by atoms with E-state index in [9.17, 15) is 4.79 Å². The SMILES string of the molecule is CC(CC#N)N(C)C(=O)OC(C)(C)C. The lowest BCUT2D eigenvalue weighted by Gasteiger charge is -2.27. The van der Waals surface area contributed by atoms with E-state index in [2.05, 4.69) is 0 Å². The predicted octanol–water partition coefficient (Wildman–Crippen LogP) is 2.16.